The summed E-state index contributed by atoms with van der Waals surface area (Å²) >= 11 is 5.87. The first-order valence-electron chi connectivity index (χ1n) is 6.32. The fourth-order valence-electron chi connectivity index (χ4n) is 2.47. The van der Waals surface area contributed by atoms with Crippen LogP contribution in [0.4, 0.5) is 5.69 Å². The van der Waals surface area contributed by atoms with Gasteiger partial charge in [0.15, 0.2) is 0 Å². The minimum Gasteiger partial charge on any atom is -0.325 e. The topological polar surface area (TPSA) is 29.1 Å². The van der Waals surface area contributed by atoms with Crippen LogP contribution in [-0.2, 0) is 17.1 Å². The van der Waals surface area contributed by atoms with Gasteiger partial charge in [-0.05, 0) is 29.2 Å². The van der Waals surface area contributed by atoms with Gasteiger partial charge in [0.2, 0.25) is 5.91 Å². The van der Waals surface area contributed by atoms with Crippen LogP contribution in [0.15, 0.2) is 48.5 Å². The van der Waals surface area contributed by atoms with Gasteiger partial charge in [0, 0.05) is 11.6 Å². The maximum atomic E-state index is 12.3. The Balaban J connectivity index is 1.77. The molecular formula is C16H14ClNO. The monoisotopic (exact) mass is 271 g/mol. The van der Waals surface area contributed by atoms with Crippen molar-refractivity contribution in [1.82, 2.24) is 0 Å². The standard InChI is InChI=1S/C16H14ClNO/c17-10-12-6-2-4-8-15(12)18-16(19)14-9-11-5-1-3-7-13(11)14/h1-8,14H,9-10H2,(H,18,19). The molecule has 0 fully saturated rings. The molecule has 2 aromatic rings. The van der Waals surface area contributed by atoms with Gasteiger partial charge in [-0.1, -0.05) is 42.5 Å². The van der Waals surface area contributed by atoms with Crippen molar-refractivity contribution in [2.45, 2.75) is 18.2 Å². The molecule has 1 amide bonds. The molecule has 0 aromatic heterocycles. The lowest BCUT2D eigenvalue weighted by Gasteiger charge is -2.29. The minimum atomic E-state index is -0.0282. The first-order chi connectivity index (χ1) is 9.29. The number of halogens is 1. The zero-order valence-corrected chi connectivity index (χ0v) is 11.2. The molecule has 1 atom stereocenters. The Labute approximate surface area is 117 Å². The first-order valence-corrected chi connectivity index (χ1v) is 6.85. The fourth-order valence-corrected chi connectivity index (χ4v) is 2.70. The molecule has 3 rings (SSSR count). The van der Waals surface area contributed by atoms with E-state index >= 15 is 0 Å². The smallest absolute Gasteiger partial charge is 0.232 e. The molecule has 1 aliphatic rings. The van der Waals surface area contributed by atoms with Gasteiger partial charge in [0.05, 0.1) is 5.92 Å². The van der Waals surface area contributed by atoms with Crippen molar-refractivity contribution in [2.24, 2.45) is 0 Å². The molecule has 96 valence electrons. The summed E-state index contributed by atoms with van der Waals surface area (Å²) in [5, 5.41) is 2.98. The Hall–Kier alpha value is -1.80. The van der Waals surface area contributed by atoms with Gasteiger partial charge in [0.25, 0.3) is 0 Å². The molecular weight excluding hydrogens is 258 g/mol. The molecule has 0 spiro atoms. The summed E-state index contributed by atoms with van der Waals surface area (Å²) in [6, 6.07) is 15.7. The van der Waals surface area contributed by atoms with Crippen LogP contribution in [-0.4, -0.2) is 5.91 Å². The third kappa shape index (κ3) is 2.24. The van der Waals surface area contributed by atoms with Crippen LogP contribution in [0, 0.1) is 0 Å². The van der Waals surface area contributed by atoms with Gasteiger partial charge in [0.1, 0.15) is 0 Å². The van der Waals surface area contributed by atoms with Crippen LogP contribution in [0.25, 0.3) is 0 Å². The highest BCUT2D eigenvalue weighted by Gasteiger charge is 2.31. The van der Waals surface area contributed by atoms with E-state index in [2.05, 4.69) is 11.4 Å². The van der Waals surface area contributed by atoms with Crippen LogP contribution in [0.1, 0.15) is 22.6 Å². The Morgan fingerprint density at radius 1 is 1.16 bits per heavy atom. The summed E-state index contributed by atoms with van der Waals surface area (Å²) in [4.78, 5) is 12.3. The fraction of sp³-hybridized carbons (Fsp3) is 0.188. The lowest BCUT2D eigenvalue weighted by molar-refractivity contribution is -0.118. The highest BCUT2D eigenvalue weighted by molar-refractivity contribution is 6.17. The van der Waals surface area contributed by atoms with Gasteiger partial charge in [-0.3, -0.25) is 4.79 Å². The lowest BCUT2D eigenvalue weighted by Crippen LogP contribution is -2.30. The second kappa shape index (κ2) is 5.06. The Morgan fingerprint density at radius 3 is 2.68 bits per heavy atom. The average molecular weight is 272 g/mol. The van der Waals surface area contributed by atoms with E-state index in [1.807, 2.05) is 42.5 Å². The number of alkyl halides is 1. The minimum absolute atomic E-state index is 0.0282. The first kappa shape index (κ1) is 12.2. The Kier molecular flexibility index (Phi) is 3.26. The maximum Gasteiger partial charge on any atom is 0.232 e. The molecule has 0 heterocycles. The number of anilines is 1. The molecule has 1 N–H and O–H groups in total. The number of rotatable bonds is 3. The van der Waals surface area contributed by atoms with Gasteiger partial charge in [-0.25, -0.2) is 0 Å². The van der Waals surface area contributed by atoms with E-state index in [-0.39, 0.29) is 11.8 Å². The molecule has 1 unspecified atom stereocenters. The summed E-state index contributed by atoms with van der Waals surface area (Å²) in [5.41, 5.74) is 4.17. The van der Waals surface area contributed by atoms with E-state index in [0.717, 1.165) is 23.2 Å². The number of fused-ring (bicyclic) bond motifs is 1. The average Bonchev–Trinajstić information content (AvgIpc) is 2.41. The molecule has 0 saturated carbocycles. The van der Waals surface area contributed by atoms with Crippen LogP contribution >= 0.6 is 11.6 Å². The number of hydrogen-bond donors (Lipinski definition) is 1. The quantitative estimate of drug-likeness (QED) is 0.848. The molecule has 0 aliphatic heterocycles. The number of nitrogens with one attached hydrogen (secondary N) is 1. The largest absolute Gasteiger partial charge is 0.325 e. The van der Waals surface area contributed by atoms with Crippen molar-refractivity contribution in [3.63, 3.8) is 0 Å². The van der Waals surface area contributed by atoms with E-state index in [1.165, 1.54) is 5.56 Å². The van der Waals surface area contributed by atoms with E-state index in [4.69, 9.17) is 11.6 Å². The molecule has 2 aromatic carbocycles. The molecule has 1 aliphatic carbocycles. The van der Waals surface area contributed by atoms with Gasteiger partial charge >= 0.3 is 0 Å². The van der Waals surface area contributed by atoms with E-state index in [0.29, 0.717) is 5.88 Å². The Bertz CT molecular complexity index is 624. The highest BCUT2D eigenvalue weighted by atomic mass is 35.5. The van der Waals surface area contributed by atoms with Crippen LogP contribution in [0.2, 0.25) is 0 Å². The van der Waals surface area contributed by atoms with Gasteiger partial charge in [-0.15, -0.1) is 11.6 Å². The van der Waals surface area contributed by atoms with Gasteiger partial charge in [-0.2, -0.15) is 0 Å². The van der Waals surface area contributed by atoms with Crippen molar-refractivity contribution < 1.29 is 4.79 Å². The number of benzene rings is 2. The molecule has 3 heteroatoms. The normalized spacial score (nSPS) is 16.4. The van der Waals surface area contributed by atoms with Crippen molar-refractivity contribution in [1.29, 1.82) is 0 Å². The second-order valence-corrected chi connectivity index (χ2v) is 5.00. The molecule has 0 saturated heterocycles. The number of hydrogen-bond acceptors (Lipinski definition) is 1. The molecule has 2 nitrogen and oxygen atoms in total. The summed E-state index contributed by atoms with van der Waals surface area (Å²) in [5.74, 6) is 0.424. The second-order valence-electron chi connectivity index (χ2n) is 4.74. The number of carbonyl (C=O) groups is 1. The van der Waals surface area contributed by atoms with Crippen LogP contribution in [0.3, 0.4) is 0 Å². The van der Waals surface area contributed by atoms with E-state index in [1.54, 1.807) is 0 Å². The van der Waals surface area contributed by atoms with Crippen molar-refractivity contribution in [2.75, 3.05) is 5.32 Å². The maximum absolute atomic E-state index is 12.3. The summed E-state index contributed by atoms with van der Waals surface area (Å²) in [7, 11) is 0. The van der Waals surface area contributed by atoms with Crippen LogP contribution < -0.4 is 5.32 Å². The molecule has 19 heavy (non-hydrogen) atoms. The SMILES string of the molecule is O=C(Nc1ccccc1CCl)C1Cc2ccccc21. The van der Waals surface area contributed by atoms with Gasteiger partial charge < -0.3 is 5.32 Å². The zero-order valence-electron chi connectivity index (χ0n) is 10.4. The molecule has 0 bridgehead atoms. The van der Waals surface area contributed by atoms with Crippen LogP contribution in [0.5, 0.6) is 0 Å². The Morgan fingerprint density at radius 2 is 1.89 bits per heavy atom. The third-order valence-corrected chi connectivity index (χ3v) is 3.88. The molecule has 0 radical (unpaired) electrons. The van der Waals surface area contributed by atoms with E-state index < -0.39 is 0 Å². The predicted molar refractivity (Wildman–Crippen MR) is 77.5 cm³/mol. The summed E-state index contributed by atoms with van der Waals surface area (Å²) in [6.45, 7) is 0. The summed E-state index contributed by atoms with van der Waals surface area (Å²) in [6.07, 6.45) is 0.824. The van der Waals surface area contributed by atoms with Crippen molar-refractivity contribution >= 4 is 23.2 Å². The number of amides is 1. The number of carbonyl (C=O) groups excluding carboxylic acids is 1. The highest BCUT2D eigenvalue weighted by Crippen LogP contribution is 2.35. The predicted octanol–water partition coefficient (Wildman–Crippen LogP) is 3.70. The van der Waals surface area contributed by atoms with Crippen molar-refractivity contribution in [3.05, 3.63) is 65.2 Å². The lowest BCUT2D eigenvalue weighted by atomic mass is 9.77. The van der Waals surface area contributed by atoms with Crippen molar-refractivity contribution in [3.8, 4) is 0 Å². The number of para-hydroxylation sites is 1. The summed E-state index contributed by atoms with van der Waals surface area (Å²) < 4.78 is 0. The van der Waals surface area contributed by atoms with E-state index in [9.17, 15) is 4.79 Å². The zero-order chi connectivity index (χ0) is 13.2. The third-order valence-electron chi connectivity index (χ3n) is 3.59.